The Morgan fingerprint density at radius 1 is 1.11 bits per heavy atom. The van der Waals surface area contributed by atoms with Crippen LogP contribution in [0.5, 0.6) is 5.75 Å². The first-order valence-corrected chi connectivity index (χ1v) is 10.6. The highest BCUT2D eigenvalue weighted by Crippen LogP contribution is 2.16. The second-order valence-electron chi connectivity index (χ2n) is 6.90. The Morgan fingerprint density at radius 2 is 1.82 bits per heavy atom. The lowest BCUT2D eigenvalue weighted by molar-refractivity contribution is -0.133. The van der Waals surface area contributed by atoms with Crippen LogP contribution in [0.15, 0.2) is 29.6 Å². The molecule has 0 spiro atoms. The predicted molar refractivity (Wildman–Crippen MR) is 110 cm³/mol. The van der Waals surface area contributed by atoms with E-state index in [0.717, 1.165) is 36.1 Å². The Labute approximate surface area is 170 Å². The standard InChI is InChI=1S/C21H27N3O3S/c1-3-27-19-6-4-17(5-7-19)20(25)8-9-21(26)24-12-10-23(11-13-24)14-18-15-28-16(2)22-18/h4-7,15H,3,8-14H2,1-2H3. The highest BCUT2D eigenvalue weighted by molar-refractivity contribution is 7.09. The molecule has 1 aliphatic rings. The maximum Gasteiger partial charge on any atom is 0.223 e. The number of Topliss-reactive ketones (excluding diaryl/α,β-unsaturated/α-hetero) is 1. The summed E-state index contributed by atoms with van der Waals surface area (Å²) < 4.78 is 5.39. The maximum atomic E-state index is 12.5. The van der Waals surface area contributed by atoms with Crippen molar-refractivity contribution in [3.63, 3.8) is 0 Å². The molecule has 150 valence electrons. The van der Waals surface area contributed by atoms with E-state index in [4.69, 9.17) is 4.74 Å². The smallest absolute Gasteiger partial charge is 0.223 e. The molecular weight excluding hydrogens is 374 g/mol. The number of nitrogens with zero attached hydrogens (tertiary/aromatic N) is 3. The Kier molecular flexibility index (Phi) is 7.17. The van der Waals surface area contributed by atoms with E-state index in [1.165, 1.54) is 0 Å². The molecule has 1 aromatic carbocycles. The van der Waals surface area contributed by atoms with Gasteiger partial charge in [0.2, 0.25) is 5.91 Å². The van der Waals surface area contributed by atoms with Gasteiger partial charge in [0.05, 0.1) is 17.3 Å². The third kappa shape index (κ3) is 5.62. The number of carbonyl (C=O) groups excluding carboxylic acids is 2. The van der Waals surface area contributed by atoms with Crippen LogP contribution in [0.25, 0.3) is 0 Å². The summed E-state index contributed by atoms with van der Waals surface area (Å²) in [6.45, 7) is 8.47. The van der Waals surface area contributed by atoms with Gasteiger partial charge in [-0.2, -0.15) is 0 Å². The Morgan fingerprint density at radius 3 is 2.43 bits per heavy atom. The Hall–Kier alpha value is -2.25. The van der Waals surface area contributed by atoms with Crippen LogP contribution in [0.4, 0.5) is 0 Å². The monoisotopic (exact) mass is 401 g/mol. The van der Waals surface area contributed by atoms with Gasteiger partial charge in [0.25, 0.3) is 0 Å². The number of carbonyl (C=O) groups is 2. The summed E-state index contributed by atoms with van der Waals surface area (Å²) >= 11 is 1.67. The molecule has 7 heteroatoms. The van der Waals surface area contributed by atoms with Crippen LogP contribution in [-0.2, 0) is 11.3 Å². The van der Waals surface area contributed by atoms with Gasteiger partial charge in [0.15, 0.2) is 5.78 Å². The SMILES string of the molecule is CCOc1ccc(C(=O)CCC(=O)N2CCN(Cc3csc(C)n3)CC2)cc1. The van der Waals surface area contributed by atoms with Crippen LogP contribution in [0.1, 0.15) is 40.8 Å². The Balaban J connectivity index is 1.41. The summed E-state index contributed by atoms with van der Waals surface area (Å²) in [4.78, 5) is 33.5. The van der Waals surface area contributed by atoms with Gasteiger partial charge in [-0.25, -0.2) is 4.98 Å². The zero-order valence-electron chi connectivity index (χ0n) is 16.5. The van der Waals surface area contributed by atoms with E-state index in [1.54, 1.807) is 35.6 Å². The van der Waals surface area contributed by atoms with Gasteiger partial charge in [0.1, 0.15) is 5.75 Å². The number of aromatic nitrogens is 1. The third-order valence-electron chi connectivity index (χ3n) is 4.83. The molecule has 0 aliphatic carbocycles. The van der Waals surface area contributed by atoms with E-state index in [-0.39, 0.29) is 24.5 Å². The van der Waals surface area contributed by atoms with Crippen molar-refractivity contribution in [2.24, 2.45) is 0 Å². The van der Waals surface area contributed by atoms with Crippen LogP contribution in [0.3, 0.4) is 0 Å². The lowest BCUT2D eigenvalue weighted by atomic mass is 10.1. The van der Waals surface area contributed by atoms with Gasteiger partial charge in [-0.15, -0.1) is 11.3 Å². The summed E-state index contributed by atoms with van der Waals surface area (Å²) in [5.41, 5.74) is 1.72. The molecule has 1 amide bonds. The van der Waals surface area contributed by atoms with Gasteiger partial charge < -0.3 is 9.64 Å². The molecule has 2 aromatic rings. The average molecular weight is 402 g/mol. The van der Waals surface area contributed by atoms with E-state index < -0.39 is 0 Å². The average Bonchev–Trinajstić information content (AvgIpc) is 3.12. The van der Waals surface area contributed by atoms with E-state index in [2.05, 4.69) is 15.3 Å². The summed E-state index contributed by atoms with van der Waals surface area (Å²) in [5, 5.41) is 3.18. The number of ether oxygens (including phenoxy) is 1. The third-order valence-corrected chi connectivity index (χ3v) is 5.65. The fourth-order valence-electron chi connectivity index (χ4n) is 3.29. The number of benzene rings is 1. The molecule has 0 atom stereocenters. The van der Waals surface area contributed by atoms with Crippen molar-refractivity contribution < 1.29 is 14.3 Å². The molecule has 6 nitrogen and oxygen atoms in total. The predicted octanol–water partition coefficient (Wildman–Crippen LogP) is 3.16. The lowest BCUT2D eigenvalue weighted by Crippen LogP contribution is -2.48. The number of amides is 1. The molecule has 1 aliphatic heterocycles. The normalized spacial score (nSPS) is 14.9. The summed E-state index contributed by atoms with van der Waals surface area (Å²) in [5.74, 6) is 0.804. The largest absolute Gasteiger partial charge is 0.494 e. The quantitative estimate of drug-likeness (QED) is 0.636. The first-order chi connectivity index (χ1) is 13.5. The zero-order chi connectivity index (χ0) is 19.9. The van der Waals surface area contributed by atoms with Crippen molar-refractivity contribution in [3.05, 3.63) is 45.9 Å². The fourth-order valence-corrected chi connectivity index (χ4v) is 3.90. The van der Waals surface area contributed by atoms with Crippen molar-refractivity contribution in [1.29, 1.82) is 0 Å². The van der Waals surface area contributed by atoms with Crippen LogP contribution < -0.4 is 4.74 Å². The van der Waals surface area contributed by atoms with E-state index >= 15 is 0 Å². The minimum Gasteiger partial charge on any atom is -0.494 e. The van der Waals surface area contributed by atoms with Gasteiger partial charge >= 0.3 is 0 Å². The van der Waals surface area contributed by atoms with Crippen LogP contribution in [0, 0.1) is 6.92 Å². The molecule has 0 unspecified atom stereocenters. The first kappa shape index (κ1) is 20.5. The van der Waals surface area contributed by atoms with E-state index in [0.29, 0.717) is 25.3 Å². The van der Waals surface area contributed by atoms with Crippen molar-refractivity contribution in [3.8, 4) is 5.75 Å². The minimum atomic E-state index is -0.00561. The molecule has 3 rings (SSSR count). The highest BCUT2D eigenvalue weighted by atomic mass is 32.1. The second-order valence-corrected chi connectivity index (χ2v) is 7.96. The molecule has 0 bridgehead atoms. The molecule has 1 aromatic heterocycles. The number of aryl methyl sites for hydroxylation is 1. The number of rotatable bonds is 8. The molecule has 1 saturated heterocycles. The molecule has 0 radical (unpaired) electrons. The van der Waals surface area contributed by atoms with Gasteiger partial charge in [-0.1, -0.05) is 0 Å². The Bertz CT molecular complexity index is 795. The van der Waals surface area contributed by atoms with Crippen LogP contribution in [-0.4, -0.2) is 59.3 Å². The van der Waals surface area contributed by atoms with Crippen LogP contribution in [0.2, 0.25) is 0 Å². The first-order valence-electron chi connectivity index (χ1n) is 9.72. The molecular formula is C21H27N3O3S. The van der Waals surface area contributed by atoms with E-state index in [1.807, 2.05) is 18.7 Å². The van der Waals surface area contributed by atoms with Crippen LogP contribution >= 0.6 is 11.3 Å². The van der Waals surface area contributed by atoms with E-state index in [9.17, 15) is 9.59 Å². The number of hydrogen-bond acceptors (Lipinski definition) is 6. The molecule has 2 heterocycles. The highest BCUT2D eigenvalue weighted by Gasteiger charge is 2.22. The second kappa shape index (κ2) is 9.80. The topological polar surface area (TPSA) is 62.7 Å². The van der Waals surface area contributed by atoms with Gasteiger partial charge in [-0.05, 0) is 38.1 Å². The van der Waals surface area contributed by atoms with Gasteiger partial charge in [-0.3, -0.25) is 14.5 Å². The summed E-state index contributed by atoms with van der Waals surface area (Å²) in [6, 6.07) is 7.11. The number of ketones is 1. The number of piperazine rings is 1. The number of thiazole rings is 1. The zero-order valence-corrected chi connectivity index (χ0v) is 17.3. The van der Waals surface area contributed by atoms with Gasteiger partial charge in [0, 0.05) is 56.5 Å². The molecule has 0 N–H and O–H groups in total. The lowest BCUT2D eigenvalue weighted by Gasteiger charge is -2.34. The van der Waals surface area contributed by atoms with Crippen molar-refractivity contribution >= 4 is 23.0 Å². The van der Waals surface area contributed by atoms with Crippen molar-refractivity contribution in [2.45, 2.75) is 33.2 Å². The maximum absolute atomic E-state index is 12.5. The summed E-state index contributed by atoms with van der Waals surface area (Å²) in [6.07, 6.45) is 0.502. The minimum absolute atomic E-state index is 0.00561. The fraction of sp³-hybridized carbons (Fsp3) is 0.476. The molecule has 1 fully saturated rings. The summed E-state index contributed by atoms with van der Waals surface area (Å²) in [7, 11) is 0. The molecule has 28 heavy (non-hydrogen) atoms. The van der Waals surface area contributed by atoms with Crippen molar-refractivity contribution in [2.75, 3.05) is 32.8 Å². The number of hydrogen-bond donors (Lipinski definition) is 0. The molecule has 0 saturated carbocycles. The van der Waals surface area contributed by atoms with Crippen molar-refractivity contribution in [1.82, 2.24) is 14.8 Å².